The first-order chi connectivity index (χ1) is 7.00. The molecule has 0 aliphatic heterocycles. The molecule has 2 atom stereocenters. The zero-order valence-corrected chi connectivity index (χ0v) is 10.4. The van der Waals surface area contributed by atoms with E-state index in [1.807, 2.05) is 0 Å². The smallest absolute Gasteiger partial charge is 0.00131 e. The summed E-state index contributed by atoms with van der Waals surface area (Å²) in [6, 6.07) is 6.83. The molecule has 2 unspecified atom stereocenters. The Hall–Kier alpha value is -0.820. The van der Waals surface area contributed by atoms with Crippen LogP contribution >= 0.6 is 0 Å². The predicted octanol–water partition coefficient (Wildman–Crippen LogP) is 3.22. The summed E-state index contributed by atoms with van der Waals surface area (Å²) in [6.07, 6.45) is 2.26. The highest BCUT2D eigenvalue weighted by molar-refractivity contribution is 5.33. The highest BCUT2D eigenvalue weighted by Crippen LogP contribution is 2.19. The number of benzene rings is 1. The lowest BCUT2D eigenvalue weighted by atomic mass is 9.90. The molecule has 1 heteroatoms. The van der Waals surface area contributed by atoms with Crippen LogP contribution in [0.1, 0.15) is 37.0 Å². The summed E-state index contributed by atoms with van der Waals surface area (Å²) in [5, 5.41) is 0. The van der Waals surface area contributed by atoms with Gasteiger partial charge in [0.05, 0.1) is 0 Å². The molecule has 1 rings (SSSR count). The molecule has 84 valence electrons. The normalized spacial score (nSPS) is 15.0. The fourth-order valence-corrected chi connectivity index (χ4v) is 2.24. The molecule has 0 amide bonds. The van der Waals surface area contributed by atoms with Crippen LogP contribution in [0.15, 0.2) is 18.2 Å². The zero-order chi connectivity index (χ0) is 11.4. The van der Waals surface area contributed by atoms with Crippen LogP contribution in [0.2, 0.25) is 0 Å². The average molecular weight is 205 g/mol. The Labute approximate surface area is 93.7 Å². The Kier molecular flexibility index (Phi) is 4.34. The van der Waals surface area contributed by atoms with E-state index in [9.17, 15) is 0 Å². The Morgan fingerprint density at radius 2 is 1.67 bits per heavy atom. The lowest BCUT2D eigenvalue weighted by Crippen LogP contribution is -2.19. The maximum atomic E-state index is 5.82. The summed E-state index contributed by atoms with van der Waals surface area (Å²) in [7, 11) is 0. The van der Waals surface area contributed by atoms with Crippen molar-refractivity contribution in [2.75, 3.05) is 0 Å². The van der Waals surface area contributed by atoms with Crippen LogP contribution in [0.4, 0.5) is 0 Å². The lowest BCUT2D eigenvalue weighted by Gasteiger charge is -2.17. The molecule has 1 aromatic carbocycles. The Bertz CT molecular complexity index is 295. The van der Waals surface area contributed by atoms with Gasteiger partial charge in [-0.25, -0.2) is 0 Å². The van der Waals surface area contributed by atoms with Crippen molar-refractivity contribution in [2.24, 2.45) is 11.7 Å². The molecule has 0 fully saturated rings. The zero-order valence-electron chi connectivity index (χ0n) is 10.4. The third-order valence-electron chi connectivity index (χ3n) is 2.97. The topological polar surface area (TPSA) is 26.0 Å². The van der Waals surface area contributed by atoms with Gasteiger partial charge in [-0.2, -0.15) is 0 Å². The molecular formula is C14H23N. The van der Waals surface area contributed by atoms with Crippen LogP contribution in [0.5, 0.6) is 0 Å². The summed E-state index contributed by atoms with van der Waals surface area (Å²) in [5.41, 5.74) is 10.1. The van der Waals surface area contributed by atoms with Crippen molar-refractivity contribution in [2.45, 2.75) is 46.6 Å². The molecule has 0 spiro atoms. The van der Waals surface area contributed by atoms with E-state index in [0.29, 0.717) is 12.0 Å². The monoisotopic (exact) mass is 205 g/mol. The second-order valence-corrected chi connectivity index (χ2v) is 4.89. The summed E-state index contributed by atoms with van der Waals surface area (Å²) in [6.45, 7) is 8.76. The quantitative estimate of drug-likeness (QED) is 0.802. The van der Waals surface area contributed by atoms with Crippen LogP contribution < -0.4 is 5.73 Å². The van der Waals surface area contributed by atoms with Gasteiger partial charge in [0.15, 0.2) is 0 Å². The predicted molar refractivity (Wildman–Crippen MR) is 67.1 cm³/mol. The second-order valence-electron chi connectivity index (χ2n) is 4.89. The van der Waals surface area contributed by atoms with Crippen molar-refractivity contribution in [3.05, 3.63) is 34.9 Å². The van der Waals surface area contributed by atoms with Gasteiger partial charge < -0.3 is 5.73 Å². The van der Waals surface area contributed by atoms with Crippen molar-refractivity contribution in [3.8, 4) is 0 Å². The van der Waals surface area contributed by atoms with Crippen molar-refractivity contribution in [1.29, 1.82) is 0 Å². The van der Waals surface area contributed by atoms with Crippen molar-refractivity contribution in [1.82, 2.24) is 0 Å². The molecule has 15 heavy (non-hydrogen) atoms. The molecule has 1 aromatic rings. The van der Waals surface area contributed by atoms with E-state index in [2.05, 4.69) is 45.9 Å². The summed E-state index contributed by atoms with van der Waals surface area (Å²) in [5.74, 6) is 0.671. The lowest BCUT2D eigenvalue weighted by molar-refractivity contribution is 0.478. The summed E-state index contributed by atoms with van der Waals surface area (Å²) < 4.78 is 0. The maximum absolute atomic E-state index is 5.82. The van der Waals surface area contributed by atoms with Gasteiger partial charge in [0, 0.05) is 6.04 Å². The van der Waals surface area contributed by atoms with E-state index in [4.69, 9.17) is 5.73 Å². The number of aryl methyl sites for hydroxylation is 2. The first-order valence-electron chi connectivity index (χ1n) is 5.81. The van der Waals surface area contributed by atoms with E-state index < -0.39 is 0 Å². The fourth-order valence-electron chi connectivity index (χ4n) is 2.24. The second kappa shape index (κ2) is 5.32. The molecule has 0 heterocycles. The highest BCUT2D eigenvalue weighted by atomic mass is 14.6. The van der Waals surface area contributed by atoms with Gasteiger partial charge in [-0.1, -0.05) is 25.1 Å². The number of hydrogen-bond donors (Lipinski definition) is 1. The Morgan fingerprint density at radius 3 is 2.13 bits per heavy atom. The van der Waals surface area contributed by atoms with Crippen LogP contribution in [0, 0.1) is 19.8 Å². The van der Waals surface area contributed by atoms with E-state index >= 15 is 0 Å². The van der Waals surface area contributed by atoms with Crippen LogP contribution in [0.25, 0.3) is 0 Å². The molecule has 1 nitrogen and oxygen atoms in total. The fraction of sp³-hybridized carbons (Fsp3) is 0.571. The van der Waals surface area contributed by atoms with Gasteiger partial charge in [-0.05, 0) is 56.2 Å². The highest BCUT2D eigenvalue weighted by Gasteiger charge is 2.09. The van der Waals surface area contributed by atoms with Gasteiger partial charge in [0.25, 0.3) is 0 Å². The maximum Gasteiger partial charge on any atom is 0.00131 e. The molecule has 2 N–H and O–H groups in total. The third kappa shape index (κ3) is 3.67. The molecule has 0 radical (unpaired) electrons. The Balaban J connectivity index is 2.71. The molecule has 0 saturated carbocycles. The van der Waals surface area contributed by atoms with Gasteiger partial charge >= 0.3 is 0 Å². The van der Waals surface area contributed by atoms with Gasteiger partial charge in [0.1, 0.15) is 0 Å². The SMILES string of the molecule is Cc1cccc(C)c1CC(C)CC(C)N. The molecule has 0 aromatic heterocycles. The minimum absolute atomic E-state index is 0.310. The van der Waals surface area contributed by atoms with Crippen LogP contribution in [-0.4, -0.2) is 6.04 Å². The first-order valence-corrected chi connectivity index (χ1v) is 5.81. The largest absolute Gasteiger partial charge is 0.328 e. The minimum Gasteiger partial charge on any atom is -0.328 e. The molecule has 0 bridgehead atoms. The van der Waals surface area contributed by atoms with E-state index in [1.54, 1.807) is 0 Å². The van der Waals surface area contributed by atoms with Crippen LogP contribution in [-0.2, 0) is 6.42 Å². The van der Waals surface area contributed by atoms with E-state index in [-0.39, 0.29) is 0 Å². The number of rotatable bonds is 4. The first kappa shape index (κ1) is 12.3. The van der Waals surface area contributed by atoms with Crippen molar-refractivity contribution < 1.29 is 0 Å². The van der Waals surface area contributed by atoms with Crippen molar-refractivity contribution in [3.63, 3.8) is 0 Å². The van der Waals surface area contributed by atoms with E-state index in [1.165, 1.54) is 16.7 Å². The third-order valence-corrected chi connectivity index (χ3v) is 2.97. The van der Waals surface area contributed by atoms with Crippen LogP contribution in [0.3, 0.4) is 0 Å². The summed E-state index contributed by atoms with van der Waals surface area (Å²) >= 11 is 0. The van der Waals surface area contributed by atoms with E-state index in [0.717, 1.165) is 12.8 Å². The minimum atomic E-state index is 0.310. The molecule has 0 aliphatic carbocycles. The van der Waals surface area contributed by atoms with Crippen molar-refractivity contribution >= 4 is 0 Å². The van der Waals surface area contributed by atoms with Gasteiger partial charge in [0.2, 0.25) is 0 Å². The standard InChI is InChI=1S/C14H23N/c1-10(8-13(4)15)9-14-11(2)6-5-7-12(14)3/h5-7,10,13H,8-9,15H2,1-4H3. The number of hydrogen-bond acceptors (Lipinski definition) is 1. The summed E-state index contributed by atoms with van der Waals surface area (Å²) in [4.78, 5) is 0. The van der Waals surface area contributed by atoms with Gasteiger partial charge in [-0.3, -0.25) is 0 Å². The molecule has 0 saturated heterocycles. The van der Waals surface area contributed by atoms with Gasteiger partial charge in [-0.15, -0.1) is 0 Å². The molecule has 0 aliphatic rings. The molecular weight excluding hydrogens is 182 g/mol. The average Bonchev–Trinajstić information content (AvgIpc) is 2.10. The number of nitrogens with two attached hydrogens (primary N) is 1. The Morgan fingerprint density at radius 1 is 1.13 bits per heavy atom.